The molecule has 0 radical (unpaired) electrons. The lowest BCUT2D eigenvalue weighted by molar-refractivity contribution is -0.130. The van der Waals surface area contributed by atoms with Crippen LogP contribution < -0.4 is 4.74 Å². The Hall–Kier alpha value is -2.07. The zero-order valence-corrected chi connectivity index (χ0v) is 11.6. The van der Waals surface area contributed by atoms with E-state index in [4.69, 9.17) is 9.47 Å². The topological polar surface area (TPSA) is 55.8 Å². The minimum absolute atomic E-state index is 0.210. The maximum Gasteiger partial charge on any atom is 0.172 e. The molecule has 2 rings (SSSR count). The standard InChI is InChI=1S/C16H18O4/c1-19-13-7-3-11(4-8-13)15(17)16(18)12-5-9-14(20-2)10-6-12/h3-5,7-10,12,15,17H,6H2,1-2H3. The van der Waals surface area contributed by atoms with E-state index in [-0.39, 0.29) is 11.7 Å². The summed E-state index contributed by atoms with van der Waals surface area (Å²) in [6.07, 6.45) is 4.81. The Morgan fingerprint density at radius 1 is 1.25 bits per heavy atom. The Bertz CT molecular complexity index is 528. The molecular weight excluding hydrogens is 256 g/mol. The van der Waals surface area contributed by atoms with Crippen molar-refractivity contribution in [3.63, 3.8) is 0 Å². The molecule has 2 unspecified atom stereocenters. The second-order valence-corrected chi connectivity index (χ2v) is 4.59. The second kappa shape index (κ2) is 6.39. The van der Waals surface area contributed by atoms with Crippen LogP contribution >= 0.6 is 0 Å². The summed E-state index contributed by atoms with van der Waals surface area (Å²) < 4.78 is 10.1. The first-order valence-corrected chi connectivity index (χ1v) is 6.43. The number of carbonyl (C=O) groups excluding carboxylic acids is 1. The van der Waals surface area contributed by atoms with Crippen molar-refractivity contribution < 1.29 is 19.4 Å². The highest BCUT2D eigenvalue weighted by atomic mass is 16.5. The van der Waals surface area contributed by atoms with Crippen LogP contribution in [0.1, 0.15) is 18.1 Å². The van der Waals surface area contributed by atoms with Crippen LogP contribution in [0.2, 0.25) is 0 Å². The van der Waals surface area contributed by atoms with Gasteiger partial charge < -0.3 is 14.6 Å². The summed E-state index contributed by atoms with van der Waals surface area (Å²) >= 11 is 0. The molecule has 4 nitrogen and oxygen atoms in total. The van der Waals surface area contributed by atoms with Crippen LogP contribution in [-0.4, -0.2) is 25.1 Å². The minimum Gasteiger partial charge on any atom is -0.497 e. The van der Waals surface area contributed by atoms with Gasteiger partial charge >= 0.3 is 0 Å². The molecule has 0 fully saturated rings. The first-order chi connectivity index (χ1) is 9.65. The molecule has 106 valence electrons. The van der Waals surface area contributed by atoms with Crippen molar-refractivity contribution in [2.75, 3.05) is 14.2 Å². The minimum atomic E-state index is -1.12. The Morgan fingerprint density at radius 3 is 2.45 bits per heavy atom. The lowest BCUT2D eigenvalue weighted by Gasteiger charge is -2.18. The summed E-state index contributed by atoms with van der Waals surface area (Å²) in [5.41, 5.74) is 0.575. The lowest BCUT2D eigenvalue weighted by Crippen LogP contribution is -2.21. The van der Waals surface area contributed by atoms with Gasteiger partial charge in [0, 0.05) is 5.92 Å². The highest BCUT2D eigenvalue weighted by Crippen LogP contribution is 2.25. The SMILES string of the molecule is COC1=CCC(C(=O)C(O)c2ccc(OC)cc2)C=C1. The van der Waals surface area contributed by atoms with Crippen LogP contribution in [0.5, 0.6) is 5.75 Å². The van der Waals surface area contributed by atoms with Gasteiger partial charge in [0.05, 0.1) is 14.2 Å². The molecule has 2 atom stereocenters. The molecule has 0 aliphatic heterocycles. The second-order valence-electron chi connectivity index (χ2n) is 4.59. The van der Waals surface area contributed by atoms with E-state index in [1.165, 1.54) is 0 Å². The number of aliphatic hydroxyl groups excluding tert-OH is 1. The van der Waals surface area contributed by atoms with Crippen LogP contribution in [0.15, 0.2) is 48.3 Å². The molecule has 1 N–H and O–H groups in total. The quantitative estimate of drug-likeness (QED) is 0.895. The number of Topliss-reactive ketones (excluding diaryl/α,β-unsaturated/α-hetero) is 1. The van der Waals surface area contributed by atoms with Crippen LogP contribution in [-0.2, 0) is 9.53 Å². The third kappa shape index (κ3) is 3.08. The van der Waals surface area contributed by atoms with Crippen molar-refractivity contribution in [1.29, 1.82) is 0 Å². The number of ketones is 1. The molecule has 0 bridgehead atoms. The van der Waals surface area contributed by atoms with Crippen LogP contribution in [0, 0.1) is 5.92 Å². The van der Waals surface area contributed by atoms with E-state index in [9.17, 15) is 9.90 Å². The van der Waals surface area contributed by atoms with Gasteiger partial charge in [-0.3, -0.25) is 4.79 Å². The summed E-state index contributed by atoms with van der Waals surface area (Å²) in [5.74, 6) is 0.912. The Kier molecular flexibility index (Phi) is 4.58. The highest BCUT2D eigenvalue weighted by Gasteiger charge is 2.25. The number of ether oxygens (including phenoxy) is 2. The fourth-order valence-electron chi connectivity index (χ4n) is 2.12. The summed E-state index contributed by atoms with van der Waals surface area (Å²) in [5, 5.41) is 10.2. The molecule has 4 heteroatoms. The average Bonchev–Trinajstić information content (AvgIpc) is 2.53. The molecule has 1 aromatic carbocycles. The molecule has 1 aliphatic rings. The molecule has 0 amide bonds. The molecule has 0 aromatic heterocycles. The summed E-state index contributed by atoms with van der Waals surface area (Å²) in [7, 11) is 3.16. The molecule has 0 saturated heterocycles. The van der Waals surface area contributed by atoms with Crippen molar-refractivity contribution in [3.05, 3.63) is 53.8 Å². The van der Waals surface area contributed by atoms with Gasteiger partial charge in [-0.25, -0.2) is 0 Å². The van der Waals surface area contributed by atoms with Crippen LogP contribution in [0.3, 0.4) is 0 Å². The lowest BCUT2D eigenvalue weighted by atomic mass is 9.90. The van der Waals surface area contributed by atoms with Gasteiger partial charge in [-0.2, -0.15) is 0 Å². The zero-order chi connectivity index (χ0) is 14.5. The molecule has 0 heterocycles. The van der Waals surface area contributed by atoms with E-state index < -0.39 is 6.10 Å². The largest absolute Gasteiger partial charge is 0.497 e. The molecule has 20 heavy (non-hydrogen) atoms. The number of methoxy groups -OCH3 is 2. The highest BCUT2D eigenvalue weighted by molar-refractivity contribution is 5.88. The fourth-order valence-corrected chi connectivity index (χ4v) is 2.12. The van der Waals surface area contributed by atoms with E-state index >= 15 is 0 Å². The average molecular weight is 274 g/mol. The third-order valence-corrected chi connectivity index (χ3v) is 3.37. The Balaban J connectivity index is 2.05. The van der Waals surface area contributed by atoms with Crippen LogP contribution in [0.25, 0.3) is 0 Å². The monoisotopic (exact) mass is 274 g/mol. The van der Waals surface area contributed by atoms with Gasteiger partial charge in [-0.1, -0.05) is 18.2 Å². The third-order valence-electron chi connectivity index (χ3n) is 3.37. The van der Waals surface area contributed by atoms with Gasteiger partial charge in [0.1, 0.15) is 17.6 Å². The maximum absolute atomic E-state index is 12.2. The van der Waals surface area contributed by atoms with Gasteiger partial charge in [0.25, 0.3) is 0 Å². The molecule has 1 aliphatic carbocycles. The van der Waals surface area contributed by atoms with Gasteiger partial charge in [-0.05, 0) is 36.3 Å². The van der Waals surface area contributed by atoms with Crippen molar-refractivity contribution in [1.82, 2.24) is 0 Å². The summed E-state index contributed by atoms with van der Waals surface area (Å²) in [6.45, 7) is 0. The van der Waals surface area contributed by atoms with Gasteiger partial charge in [-0.15, -0.1) is 0 Å². The van der Waals surface area contributed by atoms with E-state index in [1.54, 1.807) is 50.6 Å². The van der Waals surface area contributed by atoms with E-state index in [2.05, 4.69) is 0 Å². The molecule has 0 spiro atoms. The number of hydrogen-bond acceptors (Lipinski definition) is 4. The van der Waals surface area contributed by atoms with Crippen LogP contribution in [0.4, 0.5) is 0 Å². The summed E-state index contributed by atoms with van der Waals surface area (Å²) in [4.78, 5) is 12.2. The number of allylic oxidation sites excluding steroid dienone is 3. The first-order valence-electron chi connectivity index (χ1n) is 6.43. The Labute approximate surface area is 118 Å². The van der Waals surface area contributed by atoms with E-state index in [0.29, 0.717) is 17.7 Å². The fraction of sp³-hybridized carbons (Fsp3) is 0.312. The number of hydrogen-bond donors (Lipinski definition) is 1. The predicted molar refractivity (Wildman–Crippen MR) is 75.3 cm³/mol. The smallest absolute Gasteiger partial charge is 0.172 e. The van der Waals surface area contributed by atoms with Crippen molar-refractivity contribution in [2.45, 2.75) is 12.5 Å². The molecule has 1 aromatic rings. The summed E-state index contributed by atoms with van der Waals surface area (Å²) in [6, 6.07) is 6.85. The molecular formula is C16H18O4. The number of carbonyl (C=O) groups is 1. The predicted octanol–water partition coefficient (Wildman–Crippen LogP) is 2.40. The van der Waals surface area contributed by atoms with Crippen molar-refractivity contribution in [3.8, 4) is 5.75 Å². The zero-order valence-electron chi connectivity index (χ0n) is 11.6. The van der Waals surface area contributed by atoms with Crippen molar-refractivity contribution >= 4 is 5.78 Å². The molecule has 0 saturated carbocycles. The number of aliphatic hydroxyl groups is 1. The normalized spacial score (nSPS) is 19.1. The Morgan fingerprint density at radius 2 is 1.95 bits per heavy atom. The number of rotatable bonds is 5. The first kappa shape index (κ1) is 14.3. The van der Waals surface area contributed by atoms with Crippen molar-refractivity contribution in [2.24, 2.45) is 5.92 Å². The van der Waals surface area contributed by atoms with Gasteiger partial charge in [0.15, 0.2) is 5.78 Å². The van der Waals surface area contributed by atoms with E-state index in [0.717, 1.165) is 5.76 Å². The van der Waals surface area contributed by atoms with Gasteiger partial charge in [0.2, 0.25) is 0 Å². The number of benzene rings is 1. The maximum atomic E-state index is 12.2. The van der Waals surface area contributed by atoms with E-state index in [1.807, 2.05) is 6.08 Å².